The third kappa shape index (κ3) is 4.82. The van der Waals surface area contributed by atoms with Crippen LogP contribution in [0.5, 0.6) is 5.75 Å². The summed E-state index contributed by atoms with van der Waals surface area (Å²) in [5.41, 5.74) is 9.71. The standard InChI is InChI=1S/C27H28FN11O2/c1-35-16-30-24(34-35)15-41-18-4-5-21(19(28)13-18)37-9-6-36(7-10-37)8-11-38-17-31-25-22-14-20(23-3-2-12-40-23)33-39(22)27(29)32-26(25)38/h2-5,12-14,16-17H,6-11,15H2,1H3,(H2,29,32). The predicted octanol–water partition coefficient (Wildman–Crippen LogP) is 2.59. The number of anilines is 2. The van der Waals surface area contributed by atoms with Crippen LogP contribution in [0.4, 0.5) is 16.0 Å². The van der Waals surface area contributed by atoms with Gasteiger partial charge in [0.15, 0.2) is 17.2 Å². The number of rotatable bonds is 8. The van der Waals surface area contributed by atoms with Crippen molar-refractivity contribution in [2.24, 2.45) is 7.05 Å². The maximum atomic E-state index is 15.0. The lowest BCUT2D eigenvalue weighted by molar-refractivity contribution is 0.248. The lowest BCUT2D eigenvalue weighted by Crippen LogP contribution is -2.47. The van der Waals surface area contributed by atoms with Crippen LogP contribution in [-0.4, -0.2) is 76.5 Å². The zero-order chi connectivity index (χ0) is 27.9. The molecule has 2 N–H and O–H groups in total. The zero-order valence-corrected chi connectivity index (χ0v) is 22.4. The summed E-state index contributed by atoms with van der Waals surface area (Å²) in [5, 5.41) is 8.70. The molecule has 41 heavy (non-hydrogen) atoms. The number of ether oxygens (including phenoxy) is 1. The highest BCUT2D eigenvalue weighted by Gasteiger charge is 2.21. The number of aromatic nitrogens is 8. The molecule has 7 rings (SSSR count). The quantitative estimate of drug-likeness (QED) is 0.298. The summed E-state index contributed by atoms with van der Waals surface area (Å²) >= 11 is 0. The normalized spacial score (nSPS) is 14.4. The van der Waals surface area contributed by atoms with Gasteiger partial charge >= 0.3 is 0 Å². The lowest BCUT2D eigenvalue weighted by Gasteiger charge is -2.36. The first-order valence-corrected chi connectivity index (χ1v) is 13.3. The number of nitrogens with two attached hydrogens (primary N) is 1. The fraction of sp³-hybridized carbons (Fsp3) is 0.296. The molecule has 1 aliphatic rings. The Hall–Kier alpha value is -4.98. The number of piperazine rings is 1. The van der Waals surface area contributed by atoms with Crippen LogP contribution in [0.3, 0.4) is 0 Å². The van der Waals surface area contributed by atoms with E-state index in [0.717, 1.165) is 43.8 Å². The zero-order valence-electron chi connectivity index (χ0n) is 22.4. The number of nitrogen functional groups attached to an aromatic ring is 1. The molecule has 0 radical (unpaired) electrons. The van der Waals surface area contributed by atoms with E-state index in [2.05, 4.69) is 34.9 Å². The van der Waals surface area contributed by atoms with E-state index in [-0.39, 0.29) is 18.4 Å². The summed E-state index contributed by atoms with van der Waals surface area (Å²) in [7, 11) is 1.79. The van der Waals surface area contributed by atoms with Gasteiger partial charge in [0, 0.05) is 52.4 Å². The molecule has 6 aromatic rings. The van der Waals surface area contributed by atoms with Crippen LogP contribution >= 0.6 is 0 Å². The SMILES string of the molecule is Cn1cnc(COc2ccc(N3CCN(CCn4cnc5c4nc(N)n4nc(-c6ccco6)cc54)CC3)c(F)c2)n1. The Balaban J connectivity index is 0.975. The number of imidazole rings is 1. The van der Waals surface area contributed by atoms with E-state index in [9.17, 15) is 4.39 Å². The Morgan fingerprint density at radius 2 is 1.90 bits per heavy atom. The van der Waals surface area contributed by atoms with Gasteiger partial charge < -0.3 is 24.4 Å². The van der Waals surface area contributed by atoms with Crippen molar-refractivity contribution in [1.82, 2.24) is 43.8 Å². The maximum absolute atomic E-state index is 15.0. The second kappa shape index (κ2) is 10.2. The molecule has 1 aliphatic heterocycles. The Morgan fingerprint density at radius 3 is 2.66 bits per heavy atom. The molecule has 6 heterocycles. The van der Waals surface area contributed by atoms with E-state index in [4.69, 9.17) is 14.9 Å². The van der Waals surface area contributed by atoms with E-state index < -0.39 is 0 Å². The fourth-order valence-corrected chi connectivity index (χ4v) is 5.16. The molecule has 0 bridgehead atoms. The monoisotopic (exact) mass is 557 g/mol. The van der Waals surface area contributed by atoms with Crippen molar-refractivity contribution < 1.29 is 13.5 Å². The van der Waals surface area contributed by atoms with E-state index in [1.807, 2.05) is 22.8 Å². The molecule has 5 aromatic heterocycles. The van der Waals surface area contributed by atoms with Crippen LogP contribution < -0.4 is 15.4 Å². The first kappa shape index (κ1) is 25.0. The van der Waals surface area contributed by atoms with Gasteiger partial charge in [-0.3, -0.25) is 9.58 Å². The number of halogens is 1. The van der Waals surface area contributed by atoms with Crippen molar-refractivity contribution in [3.8, 4) is 17.2 Å². The van der Waals surface area contributed by atoms with Crippen LogP contribution in [0, 0.1) is 5.82 Å². The molecule has 14 heteroatoms. The molecule has 210 valence electrons. The van der Waals surface area contributed by atoms with Crippen molar-refractivity contribution >= 4 is 28.3 Å². The van der Waals surface area contributed by atoms with Crippen LogP contribution in [0.2, 0.25) is 0 Å². The second-order valence-electron chi connectivity index (χ2n) is 9.95. The summed E-state index contributed by atoms with van der Waals surface area (Å²) in [5.74, 6) is 1.63. The van der Waals surface area contributed by atoms with Gasteiger partial charge in [-0.1, -0.05) is 0 Å². The Labute approximate surface area is 233 Å². The molecule has 13 nitrogen and oxygen atoms in total. The van der Waals surface area contributed by atoms with E-state index in [0.29, 0.717) is 40.9 Å². The van der Waals surface area contributed by atoms with Crippen LogP contribution in [0.1, 0.15) is 5.82 Å². The average Bonchev–Trinajstić information content (AvgIpc) is 3.78. The van der Waals surface area contributed by atoms with E-state index >= 15 is 0 Å². The minimum atomic E-state index is -0.306. The van der Waals surface area contributed by atoms with Gasteiger partial charge in [-0.05, 0) is 30.3 Å². The highest BCUT2D eigenvalue weighted by Crippen LogP contribution is 2.27. The molecular formula is C27H28FN11O2. The average molecular weight is 558 g/mol. The first-order valence-electron chi connectivity index (χ1n) is 13.3. The van der Waals surface area contributed by atoms with Crippen molar-refractivity contribution in [2.45, 2.75) is 13.2 Å². The highest BCUT2D eigenvalue weighted by atomic mass is 19.1. The number of furan rings is 1. The molecule has 1 fully saturated rings. The molecule has 0 spiro atoms. The van der Waals surface area contributed by atoms with Crippen molar-refractivity contribution in [3.63, 3.8) is 0 Å². The third-order valence-corrected chi connectivity index (χ3v) is 7.28. The molecular weight excluding hydrogens is 529 g/mol. The van der Waals surface area contributed by atoms with Gasteiger partial charge in [-0.15, -0.1) is 0 Å². The molecule has 1 aromatic carbocycles. The molecule has 0 amide bonds. The van der Waals surface area contributed by atoms with Crippen molar-refractivity contribution in [3.05, 3.63) is 67.0 Å². The van der Waals surface area contributed by atoms with Gasteiger partial charge in [-0.25, -0.2) is 14.4 Å². The summed E-state index contributed by atoms with van der Waals surface area (Å²) < 4.78 is 31.3. The Bertz CT molecular complexity index is 1820. The van der Waals surface area contributed by atoms with E-state index in [1.54, 1.807) is 47.3 Å². The van der Waals surface area contributed by atoms with Crippen LogP contribution in [0.15, 0.2) is 59.7 Å². The maximum Gasteiger partial charge on any atom is 0.223 e. The Morgan fingerprint density at radius 1 is 1.02 bits per heavy atom. The largest absolute Gasteiger partial charge is 0.485 e. The summed E-state index contributed by atoms with van der Waals surface area (Å²) in [6.07, 6.45) is 5.00. The number of hydrogen-bond donors (Lipinski definition) is 1. The van der Waals surface area contributed by atoms with E-state index in [1.165, 1.54) is 6.07 Å². The highest BCUT2D eigenvalue weighted by molar-refractivity contribution is 5.90. The number of fused-ring (bicyclic) bond motifs is 3. The number of aryl methyl sites for hydroxylation is 1. The second-order valence-corrected chi connectivity index (χ2v) is 9.95. The number of hydrogen-bond acceptors (Lipinski definition) is 10. The summed E-state index contributed by atoms with van der Waals surface area (Å²) in [4.78, 5) is 17.7. The smallest absolute Gasteiger partial charge is 0.223 e. The van der Waals surface area contributed by atoms with Gasteiger partial charge in [0.1, 0.15) is 41.2 Å². The number of benzene rings is 1. The van der Waals surface area contributed by atoms with Crippen molar-refractivity contribution in [2.75, 3.05) is 43.4 Å². The summed E-state index contributed by atoms with van der Waals surface area (Å²) in [6, 6.07) is 10.5. The molecule has 0 aliphatic carbocycles. The van der Waals surface area contributed by atoms with Crippen molar-refractivity contribution in [1.29, 1.82) is 0 Å². The molecule has 0 atom stereocenters. The number of nitrogens with zero attached hydrogens (tertiary/aromatic N) is 10. The molecule has 1 saturated heterocycles. The van der Waals surface area contributed by atoms with Gasteiger partial charge in [-0.2, -0.15) is 19.7 Å². The summed E-state index contributed by atoms with van der Waals surface area (Å²) in [6.45, 7) is 4.75. The lowest BCUT2D eigenvalue weighted by atomic mass is 10.2. The van der Waals surface area contributed by atoms with Gasteiger partial charge in [0.2, 0.25) is 5.95 Å². The van der Waals surface area contributed by atoms with Crippen LogP contribution in [0.25, 0.3) is 28.1 Å². The molecule has 0 saturated carbocycles. The van der Waals surface area contributed by atoms with Crippen LogP contribution in [-0.2, 0) is 20.2 Å². The topological polar surface area (TPSA) is 134 Å². The third-order valence-electron chi connectivity index (χ3n) is 7.28. The first-order chi connectivity index (χ1) is 20.0. The predicted molar refractivity (Wildman–Crippen MR) is 149 cm³/mol. The van der Waals surface area contributed by atoms with Gasteiger partial charge in [0.25, 0.3) is 0 Å². The minimum Gasteiger partial charge on any atom is -0.485 e. The minimum absolute atomic E-state index is 0.186. The Kier molecular flexibility index (Phi) is 6.23. The fourth-order valence-electron chi connectivity index (χ4n) is 5.16. The molecule has 0 unspecified atom stereocenters. The van der Waals surface area contributed by atoms with Gasteiger partial charge in [0.05, 0.1) is 18.3 Å².